The lowest BCUT2D eigenvalue weighted by atomic mass is 10.1. The van der Waals surface area contributed by atoms with Crippen molar-refractivity contribution in [2.75, 3.05) is 7.11 Å². The van der Waals surface area contributed by atoms with E-state index in [2.05, 4.69) is 10.6 Å². The predicted octanol–water partition coefficient (Wildman–Crippen LogP) is 3.15. The van der Waals surface area contributed by atoms with E-state index in [0.29, 0.717) is 30.0 Å². The van der Waals surface area contributed by atoms with Gasteiger partial charge in [-0.3, -0.25) is 9.59 Å². The highest BCUT2D eigenvalue weighted by atomic mass is 16.5. The van der Waals surface area contributed by atoms with Gasteiger partial charge in [0.15, 0.2) is 0 Å². The molecule has 2 aromatic carbocycles. The number of para-hydroxylation sites is 1. The first-order chi connectivity index (χ1) is 13.2. The molecule has 2 N–H and O–H groups in total. The summed E-state index contributed by atoms with van der Waals surface area (Å²) in [5, 5.41) is 5.61. The number of carbonyl (C=O) groups excluding carboxylic acids is 2. The average molecular weight is 364 g/mol. The fraction of sp³-hybridized carbons (Fsp3) is 0.143. The summed E-state index contributed by atoms with van der Waals surface area (Å²) in [6, 6.07) is 17.5. The summed E-state index contributed by atoms with van der Waals surface area (Å²) in [5.74, 6) is 0.952. The normalized spacial score (nSPS) is 10.3. The van der Waals surface area contributed by atoms with E-state index >= 15 is 0 Å². The SMILES string of the molecule is COc1ccccc1CNC(=O)c1ccc(C(=O)NCc2ccco2)cc1. The molecular formula is C21H20N2O4. The third kappa shape index (κ3) is 4.76. The van der Waals surface area contributed by atoms with E-state index in [4.69, 9.17) is 9.15 Å². The molecule has 0 atom stereocenters. The van der Waals surface area contributed by atoms with Crippen LogP contribution >= 0.6 is 0 Å². The van der Waals surface area contributed by atoms with Crippen LogP contribution in [0.2, 0.25) is 0 Å². The molecule has 0 unspecified atom stereocenters. The molecule has 0 saturated heterocycles. The zero-order chi connectivity index (χ0) is 19.1. The fourth-order valence-corrected chi connectivity index (χ4v) is 2.58. The highest BCUT2D eigenvalue weighted by Gasteiger charge is 2.10. The van der Waals surface area contributed by atoms with Crippen LogP contribution in [0.15, 0.2) is 71.3 Å². The maximum atomic E-state index is 12.3. The summed E-state index contributed by atoms with van der Waals surface area (Å²) in [7, 11) is 1.59. The molecule has 3 aromatic rings. The summed E-state index contributed by atoms with van der Waals surface area (Å²) in [6.45, 7) is 0.668. The predicted molar refractivity (Wildman–Crippen MR) is 100 cm³/mol. The molecule has 1 heterocycles. The molecule has 27 heavy (non-hydrogen) atoms. The Bertz CT molecular complexity index is 902. The molecule has 6 nitrogen and oxygen atoms in total. The minimum Gasteiger partial charge on any atom is -0.496 e. The number of amides is 2. The molecule has 1 aromatic heterocycles. The van der Waals surface area contributed by atoms with Crippen LogP contribution in [0.4, 0.5) is 0 Å². The quantitative estimate of drug-likeness (QED) is 0.675. The topological polar surface area (TPSA) is 80.6 Å². The van der Waals surface area contributed by atoms with Crippen LogP contribution < -0.4 is 15.4 Å². The minimum absolute atomic E-state index is 0.219. The zero-order valence-electron chi connectivity index (χ0n) is 14.9. The van der Waals surface area contributed by atoms with Gasteiger partial charge in [0.05, 0.1) is 19.9 Å². The van der Waals surface area contributed by atoms with Gasteiger partial charge in [-0.1, -0.05) is 18.2 Å². The van der Waals surface area contributed by atoms with Crippen LogP contribution in [0.1, 0.15) is 32.0 Å². The molecule has 0 aliphatic rings. The van der Waals surface area contributed by atoms with Crippen molar-refractivity contribution >= 4 is 11.8 Å². The number of carbonyl (C=O) groups is 2. The Labute approximate surface area is 157 Å². The molecule has 0 aliphatic carbocycles. The van der Waals surface area contributed by atoms with Crippen molar-refractivity contribution in [3.63, 3.8) is 0 Å². The van der Waals surface area contributed by atoms with Gasteiger partial charge in [-0.25, -0.2) is 0 Å². The van der Waals surface area contributed by atoms with Gasteiger partial charge < -0.3 is 19.8 Å². The second kappa shape index (κ2) is 8.71. The van der Waals surface area contributed by atoms with Crippen LogP contribution in [-0.4, -0.2) is 18.9 Å². The van der Waals surface area contributed by atoms with Crippen LogP contribution in [0, 0.1) is 0 Å². The van der Waals surface area contributed by atoms with Gasteiger partial charge in [0.1, 0.15) is 11.5 Å². The van der Waals surface area contributed by atoms with Crippen LogP contribution in [0.5, 0.6) is 5.75 Å². The van der Waals surface area contributed by atoms with Crippen LogP contribution in [-0.2, 0) is 13.1 Å². The van der Waals surface area contributed by atoms with Gasteiger partial charge in [-0.05, 0) is 42.5 Å². The van der Waals surface area contributed by atoms with Crippen molar-refractivity contribution in [2.24, 2.45) is 0 Å². The van der Waals surface area contributed by atoms with E-state index in [9.17, 15) is 9.59 Å². The molecule has 0 fully saturated rings. The molecule has 6 heteroatoms. The lowest BCUT2D eigenvalue weighted by Gasteiger charge is -2.10. The van der Waals surface area contributed by atoms with Crippen molar-refractivity contribution in [1.82, 2.24) is 10.6 Å². The molecule has 0 spiro atoms. The maximum absolute atomic E-state index is 12.3. The monoisotopic (exact) mass is 364 g/mol. The van der Waals surface area contributed by atoms with Crippen molar-refractivity contribution in [2.45, 2.75) is 13.1 Å². The number of ether oxygens (including phenoxy) is 1. The van der Waals surface area contributed by atoms with Crippen LogP contribution in [0.25, 0.3) is 0 Å². The molecule has 0 radical (unpaired) electrons. The Balaban J connectivity index is 1.56. The highest BCUT2D eigenvalue weighted by Crippen LogP contribution is 2.17. The number of nitrogens with one attached hydrogen (secondary N) is 2. The minimum atomic E-state index is -0.229. The van der Waals surface area contributed by atoms with E-state index in [1.165, 1.54) is 0 Å². The summed E-state index contributed by atoms with van der Waals surface area (Å²) in [4.78, 5) is 24.5. The number of hydrogen-bond donors (Lipinski definition) is 2. The lowest BCUT2D eigenvalue weighted by molar-refractivity contribution is 0.0937. The Morgan fingerprint density at radius 1 is 0.852 bits per heavy atom. The van der Waals surface area contributed by atoms with Gasteiger partial charge >= 0.3 is 0 Å². The second-order valence-electron chi connectivity index (χ2n) is 5.83. The van der Waals surface area contributed by atoms with E-state index in [0.717, 1.165) is 11.3 Å². The Hall–Kier alpha value is -3.54. The van der Waals surface area contributed by atoms with Crippen molar-refractivity contribution < 1.29 is 18.7 Å². The van der Waals surface area contributed by atoms with Gasteiger partial charge in [-0.2, -0.15) is 0 Å². The molecule has 3 rings (SSSR count). The standard InChI is InChI=1S/C21H20N2O4/c1-26-19-7-3-2-5-17(19)13-22-20(24)15-8-10-16(11-9-15)21(25)23-14-18-6-4-12-27-18/h2-12H,13-14H2,1H3,(H,22,24)(H,23,25). The van der Waals surface area contributed by atoms with E-state index in [-0.39, 0.29) is 11.8 Å². The van der Waals surface area contributed by atoms with Gasteiger partial charge in [0, 0.05) is 23.2 Å². The van der Waals surface area contributed by atoms with Gasteiger partial charge in [-0.15, -0.1) is 0 Å². The first kappa shape index (κ1) is 18.3. The van der Waals surface area contributed by atoms with Gasteiger partial charge in [0.2, 0.25) is 0 Å². The summed E-state index contributed by atoms with van der Waals surface area (Å²) in [6.07, 6.45) is 1.56. The molecule has 0 saturated carbocycles. The van der Waals surface area contributed by atoms with Crippen molar-refractivity contribution in [1.29, 1.82) is 0 Å². The third-order valence-electron chi connectivity index (χ3n) is 4.04. The van der Waals surface area contributed by atoms with E-state index in [1.807, 2.05) is 24.3 Å². The smallest absolute Gasteiger partial charge is 0.251 e. The number of hydrogen-bond acceptors (Lipinski definition) is 4. The zero-order valence-corrected chi connectivity index (χ0v) is 14.9. The van der Waals surface area contributed by atoms with Crippen molar-refractivity contribution in [3.05, 3.63) is 89.4 Å². The second-order valence-corrected chi connectivity index (χ2v) is 5.83. The molecule has 138 valence electrons. The highest BCUT2D eigenvalue weighted by molar-refractivity contribution is 5.97. The molecule has 0 bridgehead atoms. The molecule has 2 amide bonds. The van der Waals surface area contributed by atoms with E-state index in [1.54, 1.807) is 49.8 Å². The molecular weight excluding hydrogens is 344 g/mol. The maximum Gasteiger partial charge on any atom is 0.251 e. The summed E-state index contributed by atoms with van der Waals surface area (Å²) < 4.78 is 10.4. The summed E-state index contributed by atoms with van der Waals surface area (Å²) >= 11 is 0. The summed E-state index contributed by atoms with van der Waals surface area (Å²) in [5.41, 5.74) is 1.84. The number of benzene rings is 2. The fourth-order valence-electron chi connectivity index (χ4n) is 2.58. The Morgan fingerprint density at radius 2 is 1.48 bits per heavy atom. The first-order valence-corrected chi connectivity index (χ1v) is 8.48. The number of furan rings is 1. The van der Waals surface area contributed by atoms with Gasteiger partial charge in [0.25, 0.3) is 11.8 Å². The Morgan fingerprint density at radius 3 is 2.07 bits per heavy atom. The molecule has 0 aliphatic heterocycles. The number of rotatable bonds is 7. The lowest BCUT2D eigenvalue weighted by Crippen LogP contribution is -2.24. The first-order valence-electron chi connectivity index (χ1n) is 8.48. The third-order valence-corrected chi connectivity index (χ3v) is 4.04. The average Bonchev–Trinajstić information content (AvgIpc) is 3.24. The largest absolute Gasteiger partial charge is 0.496 e. The van der Waals surface area contributed by atoms with E-state index < -0.39 is 0 Å². The van der Waals surface area contributed by atoms with Crippen LogP contribution in [0.3, 0.4) is 0 Å². The van der Waals surface area contributed by atoms with Crippen molar-refractivity contribution in [3.8, 4) is 5.75 Å². The Kier molecular flexibility index (Phi) is 5.89. The number of methoxy groups -OCH3 is 1.